The number of nitrogens with zero attached hydrogens (tertiary/aromatic N) is 3. The van der Waals surface area contributed by atoms with Crippen molar-refractivity contribution in [1.29, 1.82) is 0 Å². The second-order valence-electron chi connectivity index (χ2n) is 4.12. The van der Waals surface area contributed by atoms with E-state index >= 15 is 0 Å². The Hall–Kier alpha value is -1.88. The summed E-state index contributed by atoms with van der Waals surface area (Å²) in [4.78, 5) is 2.08. The summed E-state index contributed by atoms with van der Waals surface area (Å²) in [7, 11) is 0. The van der Waals surface area contributed by atoms with E-state index in [0.717, 1.165) is 27.7 Å². The number of halogens is 1. The van der Waals surface area contributed by atoms with Crippen LogP contribution in [0.25, 0.3) is 5.65 Å². The highest BCUT2D eigenvalue weighted by Crippen LogP contribution is 2.27. The molecule has 0 unspecified atom stereocenters. The fourth-order valence-electron chi connectivity index (χ4n) is 1.86. The summed E-state index contributed by atoms with van der Waals surface area (Å²) in [6, 6.07) is 10.4. The summed E-state index contributed by atoms with van der Waals surface area (Å²) in [6.45, 7) is 6.05. The minimum absolute atomic E-state index is 0.216. The molecule has 5 heteroatoms. The summed E-state index contributed by atoms with van der Waals surface area (Å²) >= 11 is 1.59. The van der Waals surface area contributed by atoms with Crippen LogP contribution < -0.4 is 0 Å². The van der Waals surface area contributed by atoms with Crippen molar-refractivity contribution in [2.75, 3.05) is 0 Å². The average molecular weight is 303 g/mol. The molecule has 110 valence electrons. The number of benzene rings is 1. The lowest BCUT2D eigenvalue weighted by molar-refractivity contribution is 0.626. The molecule has 3 rings (SSSR count). The second kappa shape index (κ2) is 7.22. The van der Waals surface area contributed by atoms with E-state index in [1.807, 2.05) is 36.6 Å². The number of hydrogen-bond acceptors (Lipinski definition) is 3. The molecule has 2 aromatic heterocycles. The van der Waals surface area contributed by atoms with Gasteiger partial charge in [-0.15, -0.1) is 10.2 Å². The van der Waals surface area contributed by atoms with Gasteiger partial charge in [-0.3, -0.25) is 4.40 Å². The van der Waals surface area contributed by atoms with Gasteiger partial charge in [0, 0.05) is 22.4 Å². The first-order valence-electron chi connectivity index (χ1n) is 7.03. The van der Waals surface area contributed by atoms with Crippen molar-refractivity contribution in [2.45, 2.75) is 37.0 Å². The first-order valence-corrected chi connectivity index (χ1v) is 7.85. The van der Waals surface area contributed by atoms with Crippen molar-refractivity contribution >= 4 is 17.4 Å². The van der Waals surface area contributed by atoms with Crippen LogP contribution in [0.15, 0.2) is 52.4 Å². The van der Waals surface area contributed by atoms with Crippen molar-refractivity contribution < 1.29 is 4.39 Å². The van der Waals surface area contributed by atoms with Gasteiger partial charge in [0.1, 0.15) is 11.6 Å². The van der Waals surface area contributed by atoms with E-state index in [-0.39, 0.29) is 5.82 Å². The van der Waals surface area contributed by atoms with Crippen LogP contribution in [0.5, 0.6) is 0 Å². The van der Waals surface area contributed by atoms with Gasteiger partial charge in [-0.05, 0) is 36.4 Å². The van der Waals surface area contributed by atoms with Gasteiger partial charge < -0.3 is 0 Å². The Bertz CT molecular complexity index is 707. The fraction of sp³-hybridized carbons (Fsp3) is 0.250. The molecular weight excluding hydrogens is 285 g/mol. The third-order valence-electron chi connectivity index (χ3n) is 2.81. The molecule has 1 aromatic carbocycles. The van der Waals surface area contributed by atoms with Crippen molar-refractivity contribution in [3.8, 4) is 0 Å². The fourth-order valence-corrected chi connectivity index (χ4v) is 2.70. The second-order valence-corrected chi connectivity index (χ2v) is 5.27. The molecule has 3 aromatic rings. The Balaban J connectivity index is 0.000000774. The Kier molecular flexibility index (Phi) is 5.33. The van der Waals surface area contributed by atoms with Crippen LogP contribution in [0.1, 0.15) is 26.6 Å². The van der Waals surface area contributed by atoms with Gasteiger partial charge in [-0.2, -0.15) is 0 Å². The van der Waals surface area contributed by atoms with Crippen LogP contribution in [0.4, 0.5) is 4.39 Å². The molecular formula is C16H18FN3S. The van der Waals surface area contributed by atoms with Crippen LogP contribution >= 0.6 is 11.8 Å². The monoisotopic (exact) mass is 303 g/mol. The summed E-state index contributed by atoms with van der Waals surface area (Å²) in [5, 5.41) is 8.23. The minimum Gasteiger partial charge on any atom is -0.285 e. The quantitative estimate of drug-likeness (QED) is 0.708. The van der Waals surface area contributed by atoms with Gasteiger partial charge in [0.15, 0.2) is 5.65 Å². The molecule has 0 bridgehead atoms. The maximum absolute atomic E-state index is 12.9. The molecule has 0 aliphatic rings. The predicted molar refractivity (Wildman–Crippen MR) is 84.2 cm³/mol. The Labute approximate surface area is 128 Å². The number of rotatable bonds is 3. The standard InChI is InChI=1S/C14H12FN3S.C2H6/c1-2-13-16-17-14-8-7-12(9-18(13)14)19-11-5-3-10(15)4-6-11;1-2/h3-9H,2H2,1H3;1-2H3. The highest BCUT2D eigenvalue weighted by molar-refractivity contribution is 7.99. The molecule has 0 radical (unpaired) electrons. The Morgan fingerprint density at radius 3 is 2.33 bits per heavy atom. The average Bonchev–Trinajstić information content (AvgIpc) is 2.94. The lowest BCUT2D eigenvalue weighted by Crippen LogP contribution is -1.92. The summed E-state index contributed by atoms with van der Waals surface area (Å²) in [5.41, 5.74) is 0.848. The molecule has 0 saturated heterocycles. The number of pyridine rings is 1. The van der Waals surface area contributed by atoms with Crippen molar-refractivity contribution in [3.05, 3.63) is 54.2 Å². The molecule has 0 aliphatic heterocycles. The zero-order chi connectivity index (χ0) is 15.2. The highest BCUT2D eigenvalue weighted by Gasteiger charge is 2.05. The van der Waals surface area contributed by atoms with Gasteiger partial charge in [-0.25, -0.2) is 4.39 Å². The number of aryl methyl sites for hydroxylation is 1. The molecule has 0 amide bonds. The molecule has 21 heavy (non-hydrogen) atoms. The van der Waals surface area contributed by atoms with Gasteiger partial charge >= 0.3 is 0 Å². The van der Waals surface area contributed by atoms with Crippen LogP contribution in [0.2, 0.25) is 0 Å². The Morgan fingerprint density at radius 2 is 1.67 bits per heavy atom. The number of aromatic nitrogens is 3. The smallest absolute Gasteiger partial charge is 0.160 e. The van der Waals surface area contributed by atoms with Crippen LogP contribution in [0, 0.1) is 5.82 Å². The normalized spacial score (nSPS) is 10.3. The van der Waals surface area contributed by atoms with Crippen LogP contribution in [0.3, 0.4) is 0 Å². The highest BCUT2D eigenvalue weighted by atomic mass is 32.2. The van der Waals surface area contributed by atoms with Gasteiger partial charge in [-0.1, -0.05) is 32.5 Å². The molecule has 0 atom stereocenters. The minimum atomic E-state index is -0.216. The molecule has 0 aliphatic carbocycles. The molecule has 0 saturated carbocycles. The van der Waals surface area contributed by atoms with E-state index in [2.05, 4.69) is 17.1 Å². The first-order chi connectivity index (χ1) is 10.3. The van der Waals surface area contributed by atoms with E-state index < -0.39 is 0 Å². The molecule has 0 fully saturated rings. The summed E-state index contributed by atoms with van der Waals surface area (Å²) < 4.78 is 14.9. The van der Waals surface area contributed by atoms with Crippen LogP contribution in [-0.2, 0) is 6.42 Å². The zero-order valence-electron chi connectivity index (χ0n) is 12.4. The number of hydrogen-bond donors (Lipinski definition) is 0. The maximum Gasteiger partial charge on any atom is 0.160 e. The van der Waals surface area contributed by atoms with E-state index in [0.29, 0.717) is 0 Å². The topological polar surface area (TPSA) is 30.2 Å². The maximum atomic E-state index is 12.9. The first kappa shape index (κ1) is 15.5. The third-order valence-corrected chi connectivity index (χ3v) is 3.80. The SMILES string of the molecule is CC.CCc1nnc2ccc(Sc3ccc(F)cc3)cn12. The predicted octanol–water partition coefficient (Wildman–Crippen LogP) is 4.61. The zero-order valence-corrected chi connectivity index (χ0v) is 13.2. The number of fused-ring (bicyclic) bond motifs is 1. The third kappa shape index (κ3) is 3.61. The molecule has 0 N–H and O–H groups in total. The molecule has 3 nitrogen and oxygen atoms in total. The molecule has 0 spiro atoms. The Morgan fingerprint density at radius 1 is 1.00 bits per heavy atom. The summed E-state index contributed by atoms with van der Waals surface area (Å²) in [6.07, 6.45) is 2.86. The van der Waals surface area contributed by atoms with Gasteiger partial charge in [0.2, 0.25) is 0 Å². The van der Waals surface area contributed by atoms with E-state index in [4.69, 9.17) is 0 Å². The largest absolute Gasteiger partial charge is 0.285 e. The lowest BCUT2D eigenvalue weighted by atomic mass is 10.4. The molecule has 2 heterocycles. The lowest BCUT2D eigenvalue weighted by Gasteiger charge is -2.03. The van der Waals surface area contributed by atoms with Crippen molar-refractivity contribution in [1.82, 2.24) is 14.6 Å². The van der Waals surface area contributed by atoms with E-state index in [1.54, 1.807) is 23.9 Å². The van der Waals surface area contributed by atoms with Gasteiger partial charge in [0.05, 0.1) is 0 Å². The van der Waals surface area contributed by atoms with E-state index in [1.165, 1.54) is 12.1 Å². The van der Waals surface area contributed by atoms with Crippen LogP contribution in [-0.4, -0.2) is 14.6 Å². The van der Waals surface area contributed by atoms with Crippen molar-refractivity contribution in [3.63, 3.8) is 0 Å². The van der Waals surface area contributed by atoms with Crippen molar-refractivity contribution in [2.24, 2.45) is 0 Å². The van der Waals surface area contributed by atoms with E-state index in [9.17, 15) is 4.39 Å². The summed E-state index contributed by atoms with van der Waals surface area (Å²) in [5.74, 6) is 0.725. The van der Waals surface area contributed by atoms with Gasteiger partial charge in [0.25, 0.3) is 0 Å².